The minimum absolute atomic E-state index is 0.194. The Bertz CT molecular complexity index is 171. The molecule has 0 amide bonds. The van der Waals surface area contributed by atoms with Crippen LogP contribution in [0.2, 0.25) is 0 Å². The second kappa shape index (κ2) is 4.81. The van der Waals surface area contributed by atoms with Gasteiger partial charge in [-0.1, -0.05) is 0 Å². The number of carboxylic acid groups (broad SMARTS) is 1. The molecule has 0 saturated carbocycles. The second-order valence-electron chi connectivity index (χ2n) is 2.38. The van der Waals surface area contributed by atoms with Crippen LogP contribution in [0.5, 0.6) is 0 Å². The van der Waals surface area contributed by atoms with Gasteiger partial charge < -0.3 is 25.8 Å². The van der Waals surface area contributed by atoms with Crippen molar-refractivity contribution in [2.45, 2.75) is 24.7 Å². The number of carbonyl (C=O) groups is 2. The van der Waals surface area contributed by atoms with Crippen LogP contribution in [0, 0.1) is 0 Å². The van der Waals surface area contributed by atoms with E-state index in [2.05, 4.69) is 0 Å². The minimum atomic E-state index is -1.64. The second-order valence-corrected chi connectivity index (χ2v) is 2.38. The van der Waals surface area contributed by atoms with Crippen LogP contribution in [-0.2, 0) is 9.59 Å². The molecule has 0 heterocycles. The highest BCUT2D eigenvalue weighted by molar-refractivity contribution is 5.72. The molecule has 6 heteroatoms. The normalized spacial score (nSPS) is 17.9. The van der Waals surface area contributed by atoms with Gasteiger partial charge in [0.25, 0.3) is 0 Å². The van der Waals surface area contributed by atoms with E-state index in [0.717, 1.165) is 0 Å². The molecular formula is C6H11NO5. The fourth-order valence-corrected chi connectivity index (χ4v) is 0.599. The standard InChI is InChI=1S/C6H11NO5/c7-3(5(10)2-8)1-4(9)6(11)12/h2-5,9-10H,1,7H2,(H,11,12)/t3-,4-,5-/m0/s1. The summed E-state index contributed by atoms with van der Waals surface area (Å²) in [6, 6.07) is -1.05. The molecule has 3 atom stereocenters. The lowest BCUT2D eigenvalue weighted by Gasteiger charge is -2.14. The van der Waals surface area contributed by atoms with E-state index < -0.39 is 24.2 Å². The van der Waals surface area contributed by atoms with Crippen molar-refractivity contribution in [2.75, 3.05) is 0 Å². The molecule has 0 radical (unpaired) electrons. The number of carbonyl (C=O) groups excluding carboxylic acids is 1. The fraction of sp³-hybridized carbons (Fsp3) is 0.667. The molecule has 12 heavy (non-hydrogen) atoms. The molecule has 0 bridgehead atoms. The number of hydrogen-bond donors (Lipinski definition) is 4. The van der Waals surface area contributed by atoms with E-state index in [0.29, 0.717) is 0 Å². The van der Waals surface area contributed by atoms with Crippen molar-refractivity contribution in [3.8, 4) is 0 Å². The molecule has 0 aromatic heterocycles. The zero-order valence-corrected chi connectivity index (χ0v) is 6.25. The third-order valence-electron chi connectivity index (χ3n) is 1.36. The lowest BCUT2D eigenvalue weighted by molar-refractivity contribution is -0.147. The van der Waals surface area contributed by atoms with Gasteiger partial charge in [-0.15, -0.1) is 0 Å². The number of aliphatic hydroxyl groups excluding tert-OH is 2. The van der Waals surface area contributed by atoms with Crippen molar-refractivity contribution >= 4 is 12.3 Å². The lowest BCUT2D eigenvalue weighted by Crippen LogP contribution is -2.40. The molecule has 0 aliphatic heterocycles. The third-order valence-corrected chi connectivity index (χ3v) is 1.36. The van der Waals surface area contributed by atoms with E-state index >= 15 is 0 Å². The van der Waals surface area contributed by atoms with Crippen LogP contribution in [0.25, 0.3) is 0 Å². The van der Waals surface area contributed by atoms with Gasteiger partial charge in [0.1, 0.15) is 12.4 Å². The number of nitrogens with two attached hydrogens (primary N) is 1. The first-order chi connectivity index (χ1) is 5.49. The monoisotopic (exact) mass is 177 g/mol. The zero-order chi connectivity index (χ0) is 9.72. The first kappa shape index (κ1) is 11.0. The summed E-state index contributed by atoms with van der Waals surface area (Å²) in [6.07, 6.45) is -3.23. The number of hydrogen-bond acceptors (Lipinski definition) is 5. The van der Waals surface area contributed by atoms with Gasteiger partial charge >= 0.3 is 5.97 Å². The summed E-state index contributed by atoms with van der Waals surface area (Å²) < 4.78 is 0. The number of carboxylic acids is 1. The summed E-state index contributed by atoms with van der Waals surface area (Å²) in [4.78, 5) is 20.0. The Kier molecular flexibility index (Phi) is 4.42. The molecule has 0 aromatic rings. The number of aldehydes is 1. The van der Waals surface area contributed by atoms with Gasteiger partial charge in [-0.3, -0.25) is 0 Å². The average molecular weight is 177 g/mol. The smallest absolute Gasteiger partial charge is 0.332 e. The van der Waals surface area contributed by atoms with Crippen LogP contribution < -0.4 is 5.73 Å². The van der Waals surface area contributed by atoms with E-state index in [9.17, 15) is 9.59 Å². The van der Waals surface area contributed by atoms with Crippen LogP contribution in [0.3, 0.4) is 0 Å². The molecular weight excluding hydrogens is 166 g/mol. The van der Waals surface area contributed by atoms with Crippen LogP contribution >= 0.6 is 0 Å². The number of rotatable bonds is 5. The molecule has 5 N–H and O–H groups in total. The van der Waals surface area contributed by atoms with Crippen LogP contribution in [-0.4, -0.2) is 45.8 Å². The Morgan fingerprint density at radius 2 is 2.00 bits per heavy atom. The number of aliphatic carboxylic acids is 1. The van der Waals surface area contributed by atoms with E-state index in [4.69, 9.17) is 21.1 Å². The fourth-order valence-electron chi connectivity index (χ4n) is 0.599. The third kappa shape index (κ3) is 3.42. The van der Waals surface area contributed by atoms with Gasteiger partial charge in [-0.05, 0) is 0 Å². The summed E-state index contributed by atoms with van der Waals surface area (Å²) in [5.41, 5.74) is 5.16. The van der Waals surface area contributed by atoms with Gasteiger partial charge in [0, 0.05) is 12.5 Å². The summed E-state index contributed by atoms with van der Waals surface area (Å²) in [5.74, 6) is -1.43. The van der Waals surface area contributed by atoms with Crippen molar-refractivity contribution in [3.63, 3.8) is 0 Å². The van der Waals surface area contributed by atoms with Gasteiger partial charge in [0.2, 0.25) is 0 Å². The van der Waals surface area contributed by atoms with Gasteiger partial charge in [0.05, 0.1) is 0 Å². The first-order valence-electron chi connectivity index (χ1n) is 3.29. The summed E-state index contributed by atoms with van der Waals surface area (Å²) >= 11 is 0. The lowest BCUT2D eigenvalue weighted by atomic mass is 10.1. The van der Waals surface area contributed by atoms with Crippen molar-refractivity contribution in [3.05, 3.63) is 0 Å². The minimum Gasteiger partial charge on any atom is -0.479 e. The summed E-state index contributed by atoms with van der Waals surface area (Å²) in [7, 11) is 0. The summed E-state index contributed by atoms with van der Waals surface area (Å²) in [5, 5.41) is 25.7. The highest BCUT2D eigenvalue weighted by Gasteiger charge is 2.21. The molecule has 0 rings (SSSR count). The van der Waals surface area contributed by atoms with Gasteiger partial charge in [0.15, 0.2) is 6.10 Å². The van der Waals surface area contributed by atoms with E-state index in [1.807, 2.05) is 0 Å². The maximum absolute atomic E-state index is 10.1. The zero-order valence-electron chi connectivity index (χ0n) is 6.25. The van der Waals surface area contributed by atoms with Crippen molar-refractivity contribution in [1.29, 1.82) is 0 Å². The van der Waals surface area contributed by atoms with E-state index in [1.54, 1.807) is 0 Å². The predicted octanol–water partition coefficient (Wildman–Crippen LogP) is -2.29. The highest BCUT2D eigenvalue weighted by atomic mass is 16.4. The largest absolute Gasteiger partial charge is 0.479 e. The van der Waals surface area contributed by atoms with Gasteiger partial charge in [-0.2, -0.15) is 0 Å². The first-order valence-corrected chi connectivity index (χ1v) is 3.29. The van der Waals surface area contributed by atoms with E-state index in [1.165, 1.54) is 0 Å². The molecule has 0 aromatic carbocycles. The molecule has 0 aliphatic carbocycles. The highest BCUT2D eigenvalue weighted by Crippen LogP contribution is 1.99. The molecule has 0 saturated heterocycles. The molecule has 0 fully saturated rings. The Morgan fingerprint density at radius 3 is 2.33 bits per heavy atom. The van der Waals surface area contributed by atoms with Crippen molar-refractivity contribution in [2.24, 2.45) is 5.73 Å². The Labute approximate surface area is 68.6 Å². The van der Waals surface area contributed by atoms with Gasteiger partial charge in [-0.25, -0.2) is 4.79 Å². The van der Waals surface area contributed by atoms with E-state index in [-0.39, 0.29) is 12.7 Å². The molecule has 0 unspecified atom stereocenters. The molecule has 6 nitrogen and oxygen atoms in total. The Morgan fingerprint density at radius 1 is 1.50 bits per heavy atom. The molecule has 0 spiro atoms. The number of aliphatic hydroxyl groups is 2. The molecule has 0 aliphatic rings. The Hall–Kier alpha value is -0.980. The SMILES string of the molecule is N[C@@H](C[C@H](O)C(=O)O)[C@@H](O)C=O. The Balaban J connectivity index is 3.90. The maximum Gasteiger partial charge on any atom is 0.332 e. The van der Waals surface area contributed by atoms with Crippen molar-refractivity contribution < 1.29 is 24.9 Å². The topological polar surface area (TPSA) is 121 Å². The average Bonchev–Trinajstić information content (AvgIpc) is 2.02. The van der Waals surface area contributed by atoms with Crippen molar-refractivity contribution in [1.82, 2.24) is 0 Å². The van der Waals surface area contributed by atoms with Crippen LogP contribution in [0.15, 0.2) is 0 Å². The van der Waals surface area contributed by atoms with Crippen LogP contribution in [0.4, 0.5) is 0 Å². The summed E-state index contributed by atoms with van der Waals surface area (Å²) in [6.45, 7) is 0. The quantitative estimate of drug-likeness (QED) is 0.351. The molecule has 70 valence electrons. The van der Waals surface area contributed by atoms with Crippen LogP contribution in [0.1, 0.15) is 6.42 Å². The predicted molar refractivity (Wildman–Crippen MR) is 38.3 cm³/mol. The maximum atomic E-state index is 10.1.